The number of likely N-dealkylation sites (tertiary alicyclic amines) is 1. The average Bonchev–Trinajstić information content (AvgIpc) is 2.61. The van der Waals surface area contributed by atoms with E-state index in [1.165, 1.54) is 51.5 Å². The van der Waals surface area contributed by atoms with Crippen molar-refractivity contribution < 1.29 is 5.11 Å². The van der Waals surface area contributed by atoms with Crippen LogP contribution in [0.25, 0.3) is 0 Å². The molecule has 3 unspecified atom stereocenters. The largest absolute Gasteiger partial charge is 0.391 e. The highest BCUT2D eigenvalue weighted by Gasteiger charge is 2.30. The second-order valence-corrected chi connectivity index (χ2v) is 6.06. The molecule has 106 valence electrons. The molecule has 2 aliphatic rings. The summed E-state index contributed by atoms with van der Waals surface area (Å²) in [6.45, 7) is 5.68. The molecule has 0 aromatic rings. The van der Waals surface area contributed by atoms with Crippen molar-refractivity contribution in [2.45, 2.75) is 76.5 Å². The number of hydrogen-bond acceptors (Lipinski definition) is 3. The molecule has 18 heavy (non-hydrogen) atoms. The van der Waals surface area contributed by atoms with Gasteiger partial charge in [0.1, 0.15) is 0 Å². The van der Waals surface area contributed by atoms with Crippen molar-refractivity contribution in [2.75, 3.05) is 19.6 Å². The summed E-state index contributed by atoms with van der Waals surface area (Å²) >= 11 is 0. The Hall–Kier alpha value is -0.120. The summed E-state index contributed by atoms with van der Waals surface area (Å²) in [7, 11) is 0. The van der Waals surface area contributed by atoms with E-state index in [2.05, 4.69) is 17.1 Å². The fourth-order valence-corrected chi connectivity index (χ4v) is 3.52. The van der Waals surface area contributed by atoms with Crippen LogP contribution in [0.1, 0.15) is 58.3 Å². The van der Waals surface area contributed by atoms with Gasteiger partial charge >= 0.3 is 0 Å². The SMILES string of the molecule is CCCNC1CCCN(C2CCCCCC2O)C1. The molecule has 2 N–H and O–H groups in total. The maximum atomic E-state index is 10.3. The molecular weight excluding hydrogens is 224 g/mol. The van der Waals surface area contributed by atoms with Crippen molar-refractivity contribution in [3.63, 3.8) is 0 Å². The zero-order valence-corrected chi connectivity index (χ0v) is 11.9. The summed E-state index contributed by atoms with van der Waals surface area (Å²) in [6, 6.07) is 1.08. The predicted molar refractivity (Wildman–Crippen MR) is 75.8 cm³/mol. The lowest BCUT2D eigenvalue weighted by molar-refractivity contribution is 0.0265. The van der Waals surface area contributed by atoms with E-state index in [1.807, 2.05) is 0 Å². The highest BCUT2D eigenvalue weighted by atomic mass is 16.3. The van der Waals surface area contributed by atoms with E-state index < -0.39 is 0 Å². The van der Waals surface area contributed by atoms with Gasteiger partial charge in [-0.25, -0.2) is 0 Å². The third-order valence-corrected chi connectivity index (χ3v) is 4.55. The Morgan fingerprint density at radius 3 is 2.78 bits per heavy atom. The maximum Gasteiger partial charge on any atom is 0.0695 e. The molecule has 0 aromatic carbocycles. The van der Waals surface area contributed by atoms with E-state index in [9.17, 15) is 5.11 Å². The quantitative estimate of drug-likeness (QED) is 0.755. The number of aliphatic hydroxyl groups excluding tert-OH is 1. The third kappa shape index (κ3) is 3.94. The maximum absolute atomic E-state index is 10.3. The molecule has 1 saturated heterocycles. The first-order valence-corrected chi connectivity index (χ1v) is 7.96. The molecule has 1 aliphatic heterocycles. The van der Waals surface area contributed by atoms with Crippen LogP contribution in [0.15, 0.2) is 0 Å². The Bertz CT molecular complexity index is 235. The Kier molecular flexibility index (Phi) is 5.93. The zero-order chi connectivity index (χ0) is 12.8. The smallest absolute Gasteiger partial charge is 0.0695 e. The van der Waals surface area contributed by atoms with Crippen LogP contribution in [0, 0.1) is 0 Å². The van der Waals surface area contributed by atoms with E-state index in [0.29, 0.717) is 12.1 Å². The summed E-state index contributed by atoms with van der Waals surface area (Å²) < 4.78 is 0. The molecule has 0 radical (unpaired) electrons. The Morgan fingerprint density at radius 2 is 1.94 bits per heavy atom. The molecule has 2 rings (SSSR count). The summed E-state index contributed by atoms with van der Waals surface area (Å²) in [4.78, 5) is 2.56. The number of rotatable bonds is 4. The van der Waals surface area contributed by atoms with Crippen LogP contribution in [-0.4, -0.2) is 47.8 Å². The minimum Gasteiger partial charge on any atom is -0.391 e. The monoisotopic (exact) mass is 254 g/mol. The fraction of sp³-hybridized carbons (Fsp3) is 1.00. The minimum atomic E-state index is -0.0857. The molecule has 0 aromatic heterocycles. The Balaban J connectivity index is 1.86. The van der Waals surface area contributed by atoms with Gasteiger partial charge in [0.25, 0.3) is 0 Å². The first kappa shape index (κ1) is 14.3. The summed E-state index contributed by atoms with van der Waals surface area (Å²) in [5, 5.41) is 13.9. The van der Waals surface area contributed by atoms with Gasteiger partial charge in [-0.1, -0.05) is 26.2 Å². The lowest BCUT2D eigenvalue weighted by Crippen LogP contribution is -2.52. The van der Waals surface area contributed by atoms with E-state index in [4.69, 9.17) is 0 Å². The molecule has 1 saturated carbocycles. The van der Waals surface area contributed by atoms with Crippen molar-refractivity contribution in [2.24, 2.45) is 0 Å². The van der Waals surface area contributed by atoms with E-state index >= 15 is 0 Å². The minimum absolute atomic E-state index is 0.0857. The molecule has 0 spiro atoms. The second kappa shape index (κ2) is 7.46. The number of nitrogens with zero attached hydrogens (tertiary/aromatic N) is 1. The normalized spacial score (nSPS) is 35.3. The second-order valence-electron chi connectivity index (χ2n) is 6.06. The van der Waals surface area contributed by atoms with Crippen LogP contribution in [0.5, 0.6) is 0 Å². The van der Waals surface area contributed by atoms with Gasteiger partial charge in [-0.05, 0) is 45.2 Å². The summed E-state index contributed by atoms with van der Waals surface area (Å²) in [5.41, 5.74) is 0. The standard InChI is InChI=1S/C15H30N2O/c1-2-10-16-13-7-6-11-17(12-13)14-8-4-3-5-9-15(14)18/h13-16,18H,2-12H2,1H3. The summed E-state index contributed by atoms with van der Waals surface area (Å²) in [6.07, 6.45) is 9.73. The van der Waals surface area contributed by atoms with Crippen LogP contribution < -0.4 is 5.32 Å². The van der Waals surface area contributed by atoms with Gasteiger partial charge in [0, 0.05) is 18.6 Å². The van der Waals surface area contributed by atoms with Crippen molar-refractivity contribution in [1.29, 1.82) is 0 Å². The fourth-order valence-electron chi connectivity index (χ4n) is 3.52. The van der Waals surface area contributed by atoms with Gasteiger partial charge in [-0.15, -0.1) is 0 Å². The molecule has 3 heteroatoms. The van der Waals surface area contributed by atoms with Crippen LogP contribution in [0.3, 0.4) is 0 Å². The Labute approximate surface area is 112 Å². The molecular formula is C15H30N2O. The average molecular weight is 254 g/mol. The van der Waals surface area contributed by atoms with Crippen molar-refractivity contribution >= 4 is 0 Å². The topological polar surface area (TPSA) is 35.5 Å². The van der Waals surface area contributed by atoms with Crippen LogP contribution in [0.4, 0.5) is 0 Å². The van der Waals surface area contributed by atoms with Gasteiger partial charge in [0.2, 0.25) is 0 Å². The number of nitrogens with one attached hydrogen (secondary N) is 1. The highest BCUT2D eigenvalue weighted by molar-refractivity contribution is 4.87. The van der Waals surface area contributed by atoms with E-state index in [-0.39, 0.29) is 6.10 Å². The number of aliphatic hydroxyl groups is 1. The molecule has 0 bridgehead atoms. The van der Waals surface area contributed by atoms with Gasteiger partial charge < -0.3 is 10.4 Å². The van der Waals surface area contributed by atoms with Crippen molar-refractivity contribution in [3.05, 3.63) is 0 Å². The molecule has 3 atom stereocenters. The van der Waals surface area contributed by atoms with E-state index in [0.717, 1.165) is 19.5 Å². The van der Waals surface area contributed by atoms with Crippen LogP contribution in [-0.2, 0) is 0 Å². The van der Waals surface area contributed by atoms with Crippen LogP contribution >= 0.6 is 0 Å². The Morgan fingerprint density at radius 1 is 1.11 bits per heavy atom. The lowest BCUT2D eigenvalue weighted by atomic mass is 9.98. The molecule has 0 amide bonds. The first-order valence-electron chi connectivity index (χ1n) is 7.96. The van der Waals surface area contributed by atoms with Gasteiger partial charge in [-0.2, -0.15) is 0 Å². The molecule has 3 nitrogen and oxygen atoms in total. The molecule has 1 heterocycles. The van der Waals surface area contributed by atoms with Gasteiger partial charge in [0.15, 0.2) is 0 Å². The highest BCUT2D eigenvalue weighted by Crippen LogP contribution is 2.25. The van der Waals surface area contributed by atoms with Crippen LogP contribution in [0.2, 0.25) is 0 Å². The number of hydrogen-bond donors (Lipinski definition) is 2. The van der Waals surface area contributed by atoms with Crippen molar-refractivity contribution in [3.8, 4) is 0 Å². The molecule has 1 aliphatic carbocycles. The number of piperidine rings is 1. The van der Waals surface area contributed by atoms with Gasteiger partial charge in [-0.3, -0.25) is 4.90 Å². The van der Waals surface area contributed by atoms with E-state index in [1.54, 1.807) is 0 Å². The predicted octanol–water partition coefficient (Wildman–Crippen LogP) is 2.14. The summed E-state index contributed by atoms with van der Waals surface area (Å²) in [5.74, 6) is 0. The first-order chi connectivity index (χ1) is 8.81. The zero-order valence-electron chi connectivity index (χ0n) is 11.9. The lowest BCUT2D eigenvalue weighted by Gasteiger charge is -2.40. The molecule has 2 fully saturated rings. The van der Waals surface area contributed by atoms with Crippen molar-refractivity contribution in [1.82, 2.24) is 10.2 Å². The third-order valence-electron chi connectivity index (χ3n) is 4.55. The van der Waals surface area contributed by atoms with Gasteiger partial charge in [0.05, 0.1) is 6.10 Å².